The number of aliphatic hydroxyl groups is 3. The van der Waals surface area contributed by atoms with Crippen molar-refractivity contribution in [1.29, 1.82) is 0 Å². The van der Waals surface area contributed by atoms with E-state index in [0.717, 1.165) is 39.5 Å². The number of aliphatic carboxylic acids is 4. The van der Waals surface area contributed by atoms with Crippen LogP contribution in [0.3, 0.4) is 0 Å². The summed E-state index contributed by atoms with van der Waals surface area (Å²) in [5.41, 5.74) is 0. The molecule has 0 unspecified atom stereocenters. The van der Waals surface area contributed by atoms with Crippen LogP contribution in [0.1, 0.15) is 156 Å². The van der Waals surface area contributed by atoms with E-state index in [2.05, 4.69) is 13.8 Å². The van der Waals surface area contributed by atoms with Gasteiger partial charge in [0.1, 0.15) is 6.10 Å². The van der Waals surface area contributed by atoms with Gasteiger partial charge in [0, 0.05) is 26.7 Å². The fraction of sp³-hybridized carbons (Fsp3) is 0.871. The Hall–Kier alpha value is -2.24. The van der Waals surface area contributed by atoms with Gasteiger partial charge in [0.2, 0.25) is 0 Å². The molecule has 11 heteroatoms. The predicted molar refractivity (Wildman–Crippen MR) is 166 cm³/mol. The number of carboxylic acid groups (broad SMARTS) is 4. The third-order valence-electron chi connectivity index (χ3n) is 5.41. The van der Waals surface area contributed by atoms with Crippen molar-refractivity contribution in [3.8, 4) is 0 Å². The van der Waals surface area contributed by atoms with Gasteiger partial charge in [0.05, 0.1) is 13.2 Å². The van der Waals surface area contributed by atoms with Gasteiger partial charge in [-0.1, -0.05) is 117 Å². The lowest BCUT2D eigenvalue weighted by atomic mass is 10.1. The van der Waals surface area contributed by atoms with Gasteiger partial charge in [-0.25, -0.2) is 0 Å². The molecule has 0 aliphatic carbocycles. The molecule has 254 valence electrons. The number of unbranched alkanes of at least 4 members (excludes halogenated alkanes) is 16. The maximum Gasteiger partial charge on any atom is 0.303 e. The summed E-state index contributed by atoms with van der Waals surface area (Å²) in [4.78, 5) is 38.4. The average molecular weight is 613 g/mol. The monoisotopic (exact) mass is 612 g/mol. The van der Waals surface area contributed by atoms with E-state index in [-0.39, 0.29) is 13.2 Å². The zero-order chi connectivity index (χ0) is 33.4. The highest BCUT2D eigenvalue weighted by Crippen LogP contribution is 2.11. The Balaban J connectivity index is -0.000000151. The maximum absolute atomic E-state index is 10.2. The zero-order valence-corrected chi connectivity index (χ0v) is 26.9. The highest BCUT2D eigenvalue weighted by Gasteiger charge is 1.97. The molecule has 0 saturated heterocycles. The molecular formula is C31H64O11. The fourth-order valence-corrected chi connectivity index (χ4v) is 3.23. The van der Waals surface area contributed by atoms with Crippen LogP contribution < -0.4 is 0 Å². The second-order valence-electron chi connectivity index (χ2n) is 10.0. The van der Waals surface area contributed by atoms with Crippen LogP contribution in [0, 0.1) is 0 Å². The van der Waals surface area contributed by atoms with Gasteiger partial charge < -0.3 is 35.7 Å². The largest absolute Gasteiger partial charge is 0.481 e. The Bertz CT molecular complexity index is 513. The van der Waals surface area contributed by atoms with Crippen molar-refractivity contribution in [3.63, 3.8) is 0 Å². The highest BCUT2D eigenvalue weighted by atomic mass is 16.4. The summed E-state index contributed by atoms with van der Waals surface area (Å²) in [6, 6.07) is 0. The number of aliphatic hydroxyl groups excluding tert-OH is 3. The van der Waals surface area contributed by atoms with Gasteiger partial charge in [-0.05, 0) is 12.8 Å². The normalized spacial score (nSPS) is 9.52. The van der Waals surface area contributed by atoms with E-state index in [1.807, 2.05) is 0 Å². The summed E-state index contributed by atoms with van der Waals surface area (Å²) in [5, 5.41) is 55.7. The van der Waals surface area contributed by atoms with E-state index >= 15 is 0 Å². The van der Waals surface area contributed by atoms with E-state index in [0.29, 0.717) is 12.8 Å². The van der Waals surface area contributed by atoms with E-state index in [4.69, 9.17) is 45.3 Å². The van der Waals surface area contributed by atoms with Gasteiger partial charge in [0.15, 0.2) is 0 Å². The van der Waals surface area contributed by atoms with Crippen LogP contribution in [-0.2, 0) is 19.2 Å². The van der Waals surface area contributed by atoms with Crippen molar-refractivity contribution in [1.82, 2.24) is 0 Å². The third kappa shape index (κ3) is 90.4. The molecule has 0 saturated carbocycles. The molecule has 0 radical (unpaired) electrons. The molecule has 0 amide bonds. The van der Waals surface area contributed by atoms with E-state index in [9.17, 15) is 9.59 Å². The molecule has 0 atom stereocenters. The van der Waals surface area contributed by atoms with Crippen LogP contribution in [0.4, 0.5) is 0 Å². The second-order valence-corrected chi connectivity index (χ2v) is 10.0. The van der Waals surface area contributed by atoms with E-state index in [1.54, 1.807) is 0 Å². The Morgan fingerprint density at radius 3 is 0.786 bits per heavy atom. The van der Waals surface area contributed by atoms with Gasteiger partial charge in [-0.3, -0.25) is 19.2 Å². The molecule has 0 bridgehead atoms. The van der Waals surface area contributed by atoms with Crippen LogP contribution in [0.5, 0.6) is 0 Å². The van der Waals surface area contributed by atoms with Crippen molar-refractivity contribution < 1.29 is 54.9 Å². The molecule has 0 aromatic rings. The second kappa shape index (κ2) is 45.7. The van der Waals surface area contributed by atoms with Crippen LogP contribution in [0.25, 0.3) is 0 Å². The van der Waals surface area contributed by atoms with E-state index in [1.165, 1.54) is 89.9 Å². The van der Waals surface area contributed by atoms with Gasteiger partial charge in [0.25, 0.3) is 11.9 Å². The fourth-order valence-electron chi connectivity index (χ4n) is 3.23. The first kappa shape index (κ1) is 49.4. The minimum Gasteiger partial charge on any atom is -0.481 e. The standard InChI is InChI=1S/2C12H24O2.C3H8O3.2C2H4O2/c2*1-2-3-4-5-6-7-8-9-10-11-12(13)14;4-1-3(6)2-5;2*1-2(3)4/h2*2-11H2,1H3,(H,13,14);3-6H,1-2H2;2*1H3,(H,3,4). The molecule has 0 aromatic heterocycles. The Kier molecular flexibility index (Phi) is 53.8. The molecular weight excluding hydrogens is 548 g/mol. The molecule has 0 rings (SSSR count). The van der Waals surface area contributed by atoms with Crippen molar-refractivity contribution >= 4 is 23.9 Å². The van der Waals surface area contributed by atoms with Crippen molar-refractivity contribution in [3.05, 3.63) is 0 Å². The SMILES string of the molecule is CC(=O)O.CC(=O)O.CCCCCCCCCCCC(=O)O.CCCCCCCCCCCC(=O)O.OCC(O)CO. The van der Waals surface area contributed by atoms with Crippen LogP contribution in [0.15, 0.2) is 0 Å². The topological polar surface area (TPSA) is 210 Å². The average Bonchev–Trinajstić information content (AvgIpc) is 2.90. The molecule has 0 aliphatic heterocycles. The lowest BCUT2D eigenvalue weighted by Gasteiger charge is -2.00. The number of carboxylic acids is 4. The molecule has 0 aromatic carbocycles. The Labute approximate surface area is 254 Å². The highest BCUT2D eigenvalue weighted by molar-refractivity contribution is 5.66. The quantitative estimate of drug-likeness (QED) is 0.0656. The summed E-state index contributed by atoms with van der Waals surface area (Å²) >= 11 is 0. The molecule has 42 heavy (non-hydrogen) atoms. The summed E-state index contributed by atoms with van der Waals surface area (Å²) in [6.07, 6.45) is 22.0. The molecule has 0 fully saturated rings. The lowest BCUT2D eigenvalue weighted by molar-refractivity contribution is -0.138. The molecule has 7 N–H and O–H groups in total. The first-order valence-electron chi connectivity index (χ1n) is 15.5. The zero-order valence-electron chi connectivity index (χ0n) is 26.9. The Morgan fingerprint density at radius 2 is 0.643 bits per heavy atom. The summed E-state index contributed by atoms with van der Waals surface area (Å²) in [5.74, 6) is -2.99. The molecule has 11 nitrogen and oxygen atoms in total. The van der Waals surface area contributed by atoms with Crippen LogP contribution in [-0.4, -0.2) is 78.9 Å². The number of carbonyl (C=O) groups is 4. The lowest BCUT2D eigenvalue weighted by Crippen LogP contribution is -2.15. The smallest absolute Gasteiger partial charge is 0.303 e. The number of hydrogen-bond donors (Lipinski definition) is 7. The first-order chi connectivity index (χ1) is 19.8. The predicted octanol–water partition coefficient (Wildman–Crippen LogP) is 6.50. The molecule has 0 heterocycles. The summed E-state index contributed by atoms with van der Waals surface area (Å²) < 4.78 is 0. The van der Waals surface area contributed by atoms with E-state index < -0.39 is 30.0 Å². The minimum atomic E-state index is -0.954. The van der Waals surface area contributed by atoms with Gasteiger partial charge in [-0.15, -0.1) is 0 Å². The summed E-state index contributed by atoms with van der Waals surface area (Å²) in [7, 11) is 0. The number of hydrogen-bond acceptors (Lipinski definition) is 7. The van der Waals surface area contributed by atoms with Crippen molar-refractivity contribution in [2.24, 2.45) is 0 Å². The minimum absolute atomic E-state index is 0.343. The molecule has 0 spiro atoms. The maximum atomic E-state index is 10.2. The van der Waals surface area contributed by atoms with Gasteiger partial charge >= 0.3 is 11.9 Å². The molecule has 0 aliphatic rings. The van der Waals surface area contributed by atoms with Gasteiger partial charge in [-0.2, -0.15) is 0 Å². The van der Waals surface area contributed by atoms with Crippen LogP contribution in [0.2, 0.25) is 0 Å². The first-order valence-corrected chi connectivity index (χ1v) is 15.5. The van der Waals surface area contributed by atoms with Crippen LogP contribution >= 0.6 is 0 Å². The summed E-state index contributed by atoms with van der Waals surface area (Å²) in [6.45, 7) is 5.89. The number of rotatable bonds is 22. The third-order valence-corrected chi connectivity index (χ3v) is 5.41. The van der Waals surface area contributed by atoms with Crippen molar-refractivity contribution in [2.45, 2.75) is 162 Å². The Morgan fingerprint density at radius 1 is 0.452 bits per heavy atom. The van der Waals surface area contributed by atoms with Crippen molar-refractivity contribution in [2.75, 3.05) is 13.2 Å².